The Morgan fingerprint density at radius 2 is 1.62 bits per heavy atom. The van der Waals surface area contributed by atoms with Crippen LogP contribution in [-0.2, 0) is 6.42 Å². The highest BCUT2D eigenvalue weighted by molar-refractivity contribution is 5.82. The summed E-state index contributed by atoms with van der Waals surface area (Å²) in [5.41, 5.74) is 9.93. The van der Waals surface area contributed by atoms with E-state index in [0.717, 1.165) is 22.6 Å². The second-order valence-corrected chi connectivity index (χ2v) is 7.23. The summed E-state index contributed by atoms with van der Waals surface area (Å²) >= 11 is 0. The first-order chi connectivity index (χ1) is 15.7. The van der Waals surface area contributed by atoms with Gasteiger partial charge < -0.3 is 10.7 Å². The fourth-order valence-electron chi connectivity index (χ4n) is 3.51. The number of rotatable bonds is 7. The number of nitrogens with zero attached hydrogens (tertiary/aromatic N) is 5. The number of pyridine rings is 1. The zero-order valence-corrected chi connectivity index (χ0v) is 17.5. The van der Waals surface area contributed by atoms with Gasteiger partial charge in [0.25, 0.3) is 0 Å². The molecule has 2 aromatic carbocycles. The van der Waals surface area contributed by atoms with Crippen molar-refractivity contribution in [3.63, 3.8) is 0 Å². The van der Waals surface area contributed by atoms with Gasteiger partial charge in [0.05, 0.1) is 11.6 Å². The van der Waals surface area contributed by atoms with E-state index in [1.807, 2.05) is 42.6 Å². The van der Waals surface area contributed by atoms with Crippen molar-refractivity contribution in [1.82, 2.24) is 19.9 Å². The second kappa shape index (κ2) is 10.0. The third-order valence-corrected chi connectivity index (χ3v) is 5.10. The van der Waals surface area contributed by atoms with Crippen LogP contribution in [0.25, 0.3) is 0 Å². The van der Waals surface area contributed by atoms with Gasteiger partial charge in [0.15, 0.2) is 6.19 Å². The Balaban J connectivity index is 1.51. The van der Waals surface area contributed by atoms with Gasteiger partial charge >= 0.3 is 0 Å². The summed E-state index contributed by atoms with van der Waals surface area (Å²) in [7, 11) is 0. The Morgan fingerprint density at radius 1 is 1.00 bits per heavy atom. The Hall–Kier alpha value is -4.44. The summed E-state index contributed by atoms with van der Waals surface area (Å²) in [6.45, 7) is 0.389. The van der Waals surface area contributed by atoms with E-state index in [4.69, 9.17) is 5.73 Å². The standard InChI is InChI=1S/C25H23N7/c26-18-32(25(27)31-21-11-14-28-15-12-21)16-13-22-17-29-24(30-22)23(19-7-3-1-4-8-19)20-9-5-2-6-10-20/h1-12,14-15,17,23H,13,16H2,(H,29,30)(H2,27,28,31). The lowest BCUT2D eigenvalue weighted by molar-refractivity contribution is 0.565. The van der Waals surface area contributed by atoms with Crippen molar-refractivity contribution in [2.24, 2.45) is 10.7 Å². The summed E-state index contributed by atoms with van der Waals surface area (Å²) in [6.07, 6.45) is 7.75. The number of imidazole rings is 1. The van der Waals surface area contributed by atoms with Gasteiger partial charge in [-0.15, -0.1) is 0 Å². The van der Waals surface area contributed by atoms with E-state index in [1.165, 1.54) is 4.90 Å². The van der Waals surface area contributed by atoms with Crippen molar-refractivity contribution in [2.45, 2.75) is 12.3 Å². The molecule has 0 aliphatic heterocycles. The molecule has 7 nitrogen and oxygen atoms in total. The maximum Gasteiger partial charge on any atom is 0.209 e. The number of aromatic nitrogens is 3. The summed E-state index contributed by atoms with van der Waals surface area (Å²) in [4.78, 5) is 17.7. The molecule has 2 aromatic heterocycles. The van der Waals surface area contributed by atoms with E-state index >= 15 is 0 Å². The molecule has 0 aliphatic carbocycles. The molecule has 0 fully saturated rings. The van der Waals surface area contributed by atoms with Crippen molar-refractivity contribution in [2.75, 3.05) is 6.54 Å². The molecule has 0 spiro atoms. The molecule has 0 bridgehead atoms. The maximum atomic E-state index is 9.52. The van der Waals surface area contributed by atoms with Gasteiger partial charge in [0.1, 0.15) is 5.82 Å². The molecular weight excluding hydrogens is 398 g/mol. The number of benzene rings is 2. The van der Waals surface area contributed by atoms with Crippen molar-refractivity contribution in [3.8, 4) is 6.19 Å². The predicted octanol–water partition coefficient (Wildman–Crippen LogP) is 3.96. The zero-order valence-electron chi connectivity index (χ0n) is 17.5. The van der Waals surface area contributed by atoms with Crippen LogP contribution in [0.1, 0.15) is 28.6 Å². The van der Waals surface area contributed by atoms with Crippen molar-refractivity contribution < 1.29 is 0 Å². The quantitative estimate of drug-likeness (QED) is 0.203. The minimum atomic E-state index is -0.00320. The molecule has 158 valence electrons. The van der Waals surface area contributed by atoms with Gasteiger partial charge in [-0.3, -0.25) is 4.98 Å². The fourth-order valence-corrected chi connectivity index (χ4v) is 3.51. The molecule has 4 rings (SSSR count). The first-order valence-electron chi connectivity index (χ1n) is 10.3. The molecule has 4 aromatic rings. The van der Waals surface area contributed by atoms with E-state index in [9.17, 15) is 5.26 Å². The molecule has 0 unspecified atom stereocenters. The normalized spacial score (nSPS) is 11.3. The molecule has 3 N–H and O–H groups in total. The summed E-state index contributed by atoms with van der Waals surface area (Å²) in [5, 5.41) is 9.52. The smallest absolute Gasteiger partial charge is 0.209 e. The highest BCUT2D eigenvalue weighted by Gasteiger charge is 2.20. The lowest BCUT2D eigenvalue weighted by Gasteiger charge is -2.16. The average Bonchev–Trinajstić information content (AvgIpc) is 3.30. The molecule has 7 heteroatoms. The van der Waals surface area contributed by atoms with Crippen LogP contribution in [0, 0.1) is 11.5 Å². The highest BCUT2D eigenvalue weighted by Crippen LogP contribution is 2.29. The number of guanidine groups is 1. The van der Waals surface area contributed by atoms with E-state index in [-0.39, 0.29) is 11.9 Å². The van der Waals surface area contributed by atoms with Gasteiger partial charge in [0, 0.05) is 37.3 Å². The fraction of sp³-hybridized carbons (Fsp3) is 0.120. The minimum absolute atomic E-state index is 0.00320. The van der Waals surface area contributed by atoms with Gasteiger partial charge in [-0.25, -0.2) is 14.9 Å². The molecule has 0 aliphatic rings. The molecule has 0 saturated heterocycles. The average molecular weight is 422 g/mol. The van der Waals surface area contributed by atoms with Crippen LogP contribution in [-0.4, -0.2) is 32.4 Å². The Morgan fingerprint density at radius 3 is 2.22 bits per heavy atom. The monoisotopic (exact) mass is 421 g/mol. The molecule has 0 amide bonds. The number of aliphatic imine (C=N–C) groups is 1. The first-order valence-corrected chi connectivity index (χ1v) is 10.3. The number of nitrogens with two attached hydrogens (primary N) is 1. The van der Waals surface area contributed by atoms with Crippen LogP contribution in [0.2, 0.25) is 0 Å². The van der Waals surface area contributed by atoms with E-state index in [2.05, 4.69) is 50.4 Å². The molecule has 32 heavy (non-hydrogen) atoms. The summed E-state index contributed by atoms with van der Waals surface area (Å²) in [5.74, 6) is 1.00. The highest BCUT2D eigenvalue weighted by atomic mass is 15.2. The SMILES string of the molecule is N#CN(CCc1cnc(C(c2ccccc2)c2ccccc2)[nH]1)C(N)=Nc1ccncc1. The van der Waals surface area contributed by atoms with Crippen LogP contribution < -0.4 is 5.73 Å². The van der Waals surface area contributed by atoms with E-state index < -0.39 is 0 Å². The van der Waals surface area contributed by atoms with Crippen LogP contribution in [0.5, 0.6) is 0 Å². The lowest BCUT2D eigenvalue weighted by atomic mass is 9.91. The molecule has 0 atom stereocenters. The maximum absolute atomic E-state index is 9.52. The molecule has 0 radical (unpaired) electrons. The minimum Gasteiger partial charge on any atom is -0.369 e. The zero-order chi connectivity index (χ0) is 22.2. The predicted molar refractivity (Wildman–Crippen MR) is 124 cm³/mol. The van der Waals surface area contributed by atoms with Crippen molar-refractivity contribution in [1.29, 1.82) is 5.26 Å². The number of nitrogens with one attached hydrogen (secondary N) is 1. The van der Waals surface area contributed by atoms with Gasteiger partial charge in [-0.2, -0.15) is 5.26 Å². The Labute approximate surface area is 186 Å². The third kappa shape index (κ3) is 4.99. The molecule has 2 heterocycles. The summed E-state index contributed by atoms with van der Waals surface area (Å²) < 4.78 is 0. The number of hydrogen-bond donors (Lipinski definition) is 2. The van der Waals surface area contributed by atoms with Crippen molar-refractivity contribution in [3.05, 3.63) is 114 Å². The van der Waals surface area contributed by atoms with Crippen LogP contribution >= 0.6 is 0 Å². The van der Waals surface area contributed by atoms with Gasteiger partial charge in [0.2, 0.25) is 5.96 Å². The van der Waals surface area contributed by atoms with E-state index in [0.29, 0.717) is 18.7 Å². The molecule has 0 saturated carbocycles. The van der Waals surface area contributed by atoms with E-state index in [1.54, 1.807) is 24.5 Å². The third-order valence-electron chi connectivity index (χ3n) is 5.10. The Bertz CT molecular complexity index is 1160. The number of aromatic amines is 1. The first kappa shape index (κ1) is 20.8. The number of nitriles is 1. The van der Waals surface area contributed by atoms with Crippen LogP contribution in [0.3, 0.4) is 0 Å². The lowest BCUT2D eigenvalue weighted by Crippen LogP contribution is -2.34. The van der Waals surface area contributed by atoms with Crippen molar-refractivity contribution >= 4 is 11.6 Å². The molecular formula is C25H23N7. The number of H-pyrrole nitrogens is 1. The topological polar surface area (TPSA) is 107 Å². The van der Waals surface area contributed by atoms with Gasteiger partial charge in [-0.1, -0.05) is 60.7 Å². The largest absolute Gasteiger partial charge is 0.369 e. The summed E-state index contributed by atoms with van der Waals surface area (Å²) in [6, 6.07) is 24.0. The Kier molecular flexibility index (Phi) is 6.54. The van der Waals surface area contributed by atoms with Crippen LogP contribution in [0.15, 0.2) is 96.4 Å². The van der Waals surface area contributed by atoms with Crippen LogP contribution in [0.4, 0.5) is 5.69 Å². The van der Waals surface area contributed by atoms with Gasteiger partial charge in [-0.05, 0) is 23.3 Å². The second-order valence-electron chi connectivity index (χ2n) is 7.23. The number of hydrogen-bond acceptors (Lipinski definition) is 4.